The average Bonchev–Trinajstić information content (AvgIpc) is 2.32. The number of carbonyl (C=O) groups excluding carboxylic acids is 1. The summed E-state index contributed by atoms with van der Waals surface area (Å²) in [6.45, 7) is 5.44. The fourth-order valence-electron chi connectivity index (χ4n) is 1.01. The topological polar surface area (TPSA) is 17.1 Å². The van der Waals surface area contributed by atoms with Crippen molar-refractivity contribution in [2.45, 2.75) is 11.8 Å². The molecule has 0 saturated heterocycles. The van der Waals surface area contributed by atoms with Crippen LogP contribution in [0, 0.1) is 0 Å². The molecule has 0 bridgehead atoms. The van der Waals surface area contributed by atoms with Gasteiger partial charge in [-0.3, -0.25) is 9.18 Å². The number of rotatable bonds is 4. The summed E-state index contributed by atoms with van der Waals surface area (Å²) in [4.78, 5) is 11.4. The highest BCUT2D eigenvalue weighted by atomic mass is 35.5. The van der Waals surface area contributed by atoms with Crippen LogP contribution in [-0.4, -0.2) is 17.8 Å². The van der Waals surface area contributed by atoms with Crippen LogP contribution in [0.5, 0.6) is 0 Å². The van der Waals surface area contributed by atoms with Crippen molar-refractivity contribution >= 4 is 17.4 Å². The van der Waals surface area contributed by atoms with Gasteiger partial charge in [0.2, 0.25) is 0 Å². The lowest BCUT2D eigenvalue weighted by Gasteiger charge is -2.05. The molecule has 0 N–H and O–H groups in total. The molecule has 0 heterocycles. The molecule has 0 aromatic heterocycles. The van der Waals surface area contributed by atoms with Crippen LogP contribution in [0.3, 0.4) is 0 Å². The van der Waals surface area contributed by atoms with Gasteiger partial charge in [0, 0.05) is 5.56 Å². The van der Waals surface area contributed by atoms with Crippen molar-refractivity contribution in [2.24, 2.45) is 0 Å². The van der Waals surface area contributed by atoms with Crippen molar-refractivity contribution in [3.63, 3.8) is 0 Å². The van der Waals surface area contributed by atoms with Crippen LogP contribution >= 0.6 is 11.6 Å². The number of alkyl halides is 2. The molecule has 0 fully saturated rings. The standard InChI is InChI=1S/C10H10ClFO.C2H4/c11-9(6-7-12)10(13)8-4-2-1-3-5-8;1-2/h1-5,9H,6-7H2;1-2H2. The highest BCUT2D eigenvalue weighted by molar-refractivity contribution is 6.33. The molecule has 1 atom stereocenters. The van der Waals surface area contributed by atoms with E-state index in [9.17, 15) is 9.18 Å². The van der Waals surface area contributed by atoms with Crippen molar-refractivity contribution < 1.29 is 9.18 Å². The lowest BCUT2D eigenvalue weighted by atomic mass is 10.1. The molecule has 0 aliphatic heterocycles. The highest BCUT2D eigenvalue weighted by Gasteiger charge is 2.16. The second-order valence-corrected chi connectivity index (χ2v) is 3.20. The maximum Gasteiger partial charge on any atom is 0.180 e. The number of ketones is 1. The Morgan fingerprint density at radius 2 is 1.87 bits per heavy atom. The summed E-state index contributed by atoms with van der Waals surface area (Å²) < 4.78 is 11.9. The van der Waals surface area contributed by atoms with E-state index >= 15 is 0 Å². The molecule has 15 heavy (non-hydrogen) atoms. The van der Waals surface area contributed by atoms with Gasteiger partial charge in [0.25, 0.3) is 0 Å². The average molecular weight is 229 g/mol. The first-order valence-electron chi connectivity index (χ1n) is 4.55. The fraction of sp³-hybridized carbons (Fsp3) is 0.250. The van der Waals surface area contributed by atoms with Gasteiger partial charge in [-0.05, 0) is 6.42 Å². The third-order valence-electron chi connectivity index (χ3n) is 1.71. The van der Waals surface area contributed by atoms with E-state index in [4.69, 9.17) is 11.6 Å². The Hall–Kier alpha value is -1.15. The zero-order valence-corrected chi connectivity index (χ0v) is 9.21. The van der Waals surface area contributed by atoms with Gasteiger partial charge in [0.15, 0.2) is 5.78 Å². The summed E-state index contributed by atoms with van der Waals surface area (Å²) in [5, 5.41) is -0.743. The third kappa shape index (κ3) is 4.75. The molecule has 82 valence electrons. The molecule has 0 aliphatic carbocycles. The molecule has 1 nitrogen and oxygen atoms in total. The molecular formula is C12H14ClFO. The first-order chi connectivity index (χ1) is 7.25. The fourth-order valence-corrected chi connectivity index (χ4v) is 1.22. The predicted molar refractivity (Wildman–Crippen MR) is 62.3 cm³/mol. The second kappa shape index (κ2) is 8.18. The van der Waals surface area contributed by atoms with Crippen LogP contribution < -0.4 is 0 Å². The van der Waals surface area contributed by atoms with E-state index in [1.807, 2.05) is 6.07 Å². The monoisotopic (exact) mass is 228 g/mol. The zero-order valence-electron chi connectivity index (χ0n) is 8.46. The van der Waals surface area contributed by atoms with E-state index in [1.54, 1.807) is 24.3 Å². The van der Waals surface area contributed by atoms with E-state index in [1.165, 1.54) is 0 Å². The van der Waals surface area contributed by atoms with Crippen molar-refractivity contribution in [2.75, 3.05) is 6.67 Å². The van der Waals surface area contributed by atoms with E-state index < -0.39 is 12.1 Å². The molecular weight excluding hydrogens is 215 g/mol. The van der Waals surface area contributed by atoms with Gasteiger partial charge < -0.3 is 0 Å². The number of hydrogen-bond acceptors (Lipinski definition) is 1. The molecule has 0 saturated carbocycles. The Balaban J connectivity index is 0.000000921. The first-order valence-corrected chi connectivity index (χ1v) is 4.98. The van der Waals surface area contributed by atoms with Gasteiger partial charge in [-0.25, -0.2) is 0 Å². The largest absolute Gasteiger partial charge is 0.293 e. The Morgan fingerprint density at radius 3 is 2.33 bits per heavy atom. The Morgan fingerprint density at radius 1 is 1.33 bits per heavy atom. The predicted octanol–water partition coefficient (Wildman–Crippen LogP) is 3.64. The molecule has 0 spiro atoms. The quantitative estimate of drug-likeness (QED) is 0.437. The minimum absolute atomic E-state index is 0.0787. The number of carbonyl (C=O) groups is 1. The van der Waals surface area contributed by atoms with Crippen molar-refractivity contribution in [3.8, 4) is 0 Å². The minimum atomic E-state index is -0.743. The maximum absolute atomic E-state index is 11.9. The summed E-state index contributed by atoms with van der Waals surface area (Å²) >= 11 is 5.68. The zero-order chi connectivity index (χ0) is 11.7. The molecule has 1 rings (SSSR count). The minimum Gasteiger partial charge on any atom is -0.293 e. The summed E-state index contributed by atoms with van der Waals surface area (Å²) in [5.41, 5.74) is 0.538. The molecule has 0 radical (unpaired) electrons. The lowest BCUT2D eigenvalue weighted by Crippen LogP contribution is -2.15. The van der Waals surface area contributed by atoms with Gasteiger partial charge in [-0.1, -0.05) is 30.3 Å². The van der Waals surface area contributed by atoms with Gasteiger partial charge in [0.1, 0.15) is 0 Å². The van der Waals surface area contributed by atoms with Crippen LogP contribution in [0.25, 0.3) is 0 Å². The lowest BCUT2D eigenvalue weighted by molar-refractivity contribution is 0.0981. The molecule has 0 amide bonds. The molecule has 1 unspecified atom stereocenters. The number of benzene rings is 1. The molecule has 1 aromatic carbocycles. The van der Waals surface area contributed by atoms with Crippen LogP contribution in [0.15, 0.2) is 43.5 Å². The number of halogens is 2. The van der Waals surface area contributed by atoms with Gasteiger partial charge in [0.05, 0.1) is 12.1 Å². The SMILES string of the molecule is C=C.O=C(c1ccccc1)C(Cl)CCF. The third-order valence-corrected chi connectivity index (χ3v) is 2.12. The van der Waals surface area contributed by atoms with E-state index in [0.29, 0.717) is 5.56 Å². The smallest absolute Gasteiger partial charge is 0.180 e. The summed E-state index contributed by atoms with van der Waals surface area (Å²) in [6, 6.07) is 8.68. The Labute approximate surface area is 94.6 Å². The van der Waals surface area contributed by atoms with Gasteiger partial charge >= 0.3 is 0 Å². The van der Waals surface area contributed by atoms with Crippen molar-refractivity contribution in [1.29, 1.82) is 0 Å². The summed E-state index contributed by atoms with van der Waals surface area (Å²) in [5.74, 6) is -0.208. The van der Waals surface area contributed by atoms with E-state index in [0.717, 1.165) is 0 Å². The highest BCUT2D eigenvalue weighted by Crippen LogP contribution is 2.11. The molecule has 1 aromatic rings. The van der Waals surface area contributed by atoms with Crippen LogP contribution in [0.1, 0.15) is 16.8 Å². The number of hydrogen-bond donors (Lipinski definition) is 0. The molecule has 3 heteroatoms. The summed E-state index contributed by atoms with van der Waals surface area (Å²) in [7, 11) is 0. The van der Waals surface area contributed by atoms with Gasteiger partial charge in [-0.15, -0.1) is 24.8 Å². The first kappa shape index (κ1) is 13.8. The van der Waals surface area contributed by atoms with Crippen LogP contribution in [-0.2, 0) is 0 Å². The van der Waals surface area contributed by atoms with E-state index in [2.05, 4.69) is 13.2 Å². The Bertz CT molecular complexity index is 287. The maximum atomic E-state index is 11.9. The normalized spacial score (nSPS) is 11.1. The number of Topliss-reactive ketones (excluding diaryl/α,β-unsaturated/α-hetero) is 1. The van der Waals surface area contributed by atoms with Crippen LogP contribution in [0.4, 0.5) is 4.39 Å². The van der Waals surface area contributed by atoms with Gasteiger partial charge in [-0.2, -0.15) is 0 Å². The second-order valence-electron chi connectivity index (χ2n) is 2.68. The Kier molecular flexibility index (Phi) is 7.56. The summed E-state index contributed by atoms with van der Waals surface area (Å²) in [6.07, 6.45) is 0.0787. The van der Waals surface area contributed by atoms with Crippen LogP contribution in [0.2, 0.25) is 0 Å². The van der Waals surface area contributed by atoms with Crippen molar-refractivity contribution in [1.82, 2.24) is 0 Å². The van der Waals surface area contributed by atoms with Crippen molar-refractivity contribution in [3.05, 3.63) is 49.1 Å². The van der Waals surface area contributed by atoms with E-state index in [-0.39, 0.29) is 12.2 Å². The molecule has 0 aliphatic rings.